The first-order chi connectivity index (χ1) is 20.0. The van der Waals surface area contributed by atoms with Crippen LogP contribution in [0.1, 0.15) is 89.7 Å². The molecule has 3 fully saturated rings. The fraction of sp³-hybridized carbons (Fsp3) is 0.656. The minimum Gasteiger partial charge on any atom is -0.370 e. The molecule has 42 heavy (non-hydrogen) atoms. The fourth-order valence-corrected chi connectivity index (χ4v) is 7.60. The standard InChI is InChI=1S/C32H47N5O4S/c1-22-6-8-25(9-7-22)30-13-11-28(41-30)10-12-29-23(2)31(34-24(3)33-29)32(38)37-20-16-27(17-21-37)36-18-14-26(15-19-36)35(4)42(5,39)40/h6-9,26-28,30H,10-21H2,1-5H3. The Morgan fingerprint density at radius 2 is 1.62 bits per heavy atom. The van der Waals surface area contributed by atoms with Crippen LogP contribution in [0.4, 0.5) is 0 Å². The van der Waals surface area contributed by atoms with Crippen molar-refractivity contribution in [3.05, 3.63) is 58.2 Å². The third-order valence-corrected chi connectivity index (χ3v) is 11.0. The zero-order valence-corrected chi connectivity index (χ0v) is 26.7. The number of ether oxygens (including phenoxy) is 1. The summed E-state index contributed by atoms with van der Waals surface area (Å²) in [5.41, 5.74) is 4.88. The fourth-order valence-electron chi connectivity index (χ4n) is 6.85. The summed E-state index contributed by atoms with van der Waals surface area (Å²) in [7, 11) is -1.48. The Labute approximate surface area is 251 Å². The van der Waals surface area contributed by atoms with Gasteiger partial charge in [0.1, 0.15) is 11.5 Å². The Morgan fingerprint density at radius 1 is 0.952 bits per heavy atom. The molecule has 0 bridgehead atoms. The van der Waals surface area contributed by atoms with Crippen LogP contribution in [0.2, 0.25) is 0 Å². The molecule has 3 aliphatic heterocycles. The van der Waals surface area contributed by atoms with E-state index >= 15 is 0 Å². The summed E-state index contributed by atoms with van der Waals surface area (Å²) in [5, 5.41) is 0. The summed E-state index contributed by atoms with van der Waals surface area (Å²) in [6.07, 6.45) is 8.91. The Balaban J connectivity index is 1.13. The molecule has 0 radical (unpaired) electrons. The normalized spacial score (nSPS) is 23.1. The van der Waals surface area contributed by atoms with E-state index in [0.717, 1.165) is 75.7 Å². The van der Waals surface area contributed by atoms with Gasteiger partial charge in [-0.25, -0.2) is 22.7 Å². The van der Waals surface area contributed by atoms with Crippen LogP contribution in [-0.2, 0) is 21.2 Å². The summed E-state index contributed by atoms with van der Waals surface area (Å²) < 4.78 is 31.8. The first kappa shape index (κ1) is 31.0. The molecule has 3 aliphatic rings. The summed E-state index contributed by atoms with van der Waals surface area (Å²) in [5.74, 6) is 0.642. The monoisotopic (exact) mass is 597 g/mol. The molecule has 1 aromatic carbocycles. The number of carbonyl (C=O) groups excluding carboxylic acids is 1. The number of aromatic nitrogens is 2. The molecule has 1 aromatic heterocycles. The maximum Gasteiger partial charge on any atom is 0.272 e. The maximum absolute atomic E-state index is 13.6. The average Bonchev–Trinajstić information content (AvgIpc) is 3.46. The number of sulfonamides is 1. The van der Waals surface area contributed by atoms with E-state index in [2.05, 4.69) is 41.1 Å². The van der Waals surface area contributed by atoms with E-state index in [1.165, 1.54) is 21.7 Å². The number of carbonyl (C=O) groups is 1. The van der Waals surface area contributed by atoms with Crippen LogP contribution in [0, 0.1) is 20.8 Å². The number of aryl methyl sites for hydroxylation is 3. The largest absolute Gasteiger partial charge is 0.370 e. The Hall–Kier alpha value is -2.40. The summed E-state index contributed by atoms with van der Waals surface area (Å²) in [6, 6.07) is 9.13. The molecule has 0 aliphatic carbocycles. The number of benzene rings is 1. The van der Waals surface area contributed by atoms with Gasteiger partial charge in [-0.05, 0) is 90.8 Å². The number of amides is 1. The minimum absolute atomic E-state index is 0.00253. The molecule has 0 N–H and O–H groups in total. The predicted octanol–water partition coefficient (Wildman–Crippen LogP) is 4.22. The van der Waals surface area contributed by atoms with E-state index in [1.54, 1.807) is 7.05 Å². The zero-order chi connectivity index (χ0) is 30.0. The van der Waals surface area contributed by atoms with Gasteiger partial charge in [0, 0.05) is 43.5 Å². The Morgan fingerprint density at radius 3 is 2.26 bits per heavy atom. The third-order valence-electron chi connectivity index (χ3n) is 9.63. The third kappa shape index (κ3) is 7.21. The molecule has 10 heteroatoms. The second-order valence-electron chi connectivity index (χ2n) is 12.5. The molecule has 2 atom stereocenters. The lowest BCUT2D eigenvalue weighted by Crippen LogP contribution is -2.52. The van der Waals surface area contributed by atoms with Gasteiger partial charge in [0.15, 0.2) is 0 Å². The second-order valence-corrected chi connectivity index (χ2v) is 14.6. The molecular formula is C32H47N5O4S. The first-order valence-electron chi connectivity index (χ1n) is 15.5. The topological polar surface area (TPSA) is 95.9 Å². The van der Waals surface area contributed by atoms with Crippen molar-refractivity contribution in [2.45, 2.75) is 96.4 Å². The highest BCUT2D eigenvalue weighted by Crippen LogP contribution is 2.35. The van der Waals surface area contributed by atoms with Crippen molar-refractivity contribution in [3.8, 4) is 0 Å². The highest BCUT2D eigenvalue weighted by atomic mass is 32.2. The van der Waals surface area contributed by atoms with Gasteiger partial charge in [0.2, 0.25) is 10.0 Å². The van der Waals surface area contributed by atoms with Crippen molar-refractivity contribution in [2.24, 2.45) is 0 Å². The number of hydrogen-bond donors (Lipinski definition) is 0. The van der Waals surface area contributed by atoms with Crippen LogP contribution in [0.25, 0.3) is 0 Å². The highest BCUT2D eigenvalue weighted by molar-refractivity contribution is 7.88. The molecule has 9 nitrogen and oxygen atoms in total. The van der Waals surface area contributed by atoms with Crippen LogP contribution in [0.15, 0.2) is 24.3 Å². The Bertz CT molecular complexity index is 1350. The van der Waals surface area contributed by atoms with Gasteiger partial charge >= 0.3 is 0 Å². The molecule has 3 saturated heterocycles. The molecule has 2 unspecified atom stereocenters. The van der Waals surface area contributed by atoms with Gasteiger partial charge in [0.05, 0.1) is 18.5 Å². The predicted molar refractivity (Wildman–Crippen MR) is 164 cm³/mol. The maximum atomic E-state index is 13.6. The molecule has 230 valence electrons. The number of nitrogens with zero attached hydrogens (tertiary/aromatic N) is 5. The van der Waals surface area contributed by atoms with Crippen molar-refractivity contribution in [1.82, 2.24) is 24.1 Å². The molecule has 0 saturated carbocycles. The highest BCUT2D eigenvalue weighted by Gasteiger charge is 2.33. The number of piperidine rings is 2. The average molecular weight is 598 g/mol. The lowest BCUT2D eigenvalue weighted by Gasteiger charge is -2.43. The van der Waals surface area contributed by atoms with Crippen LogP contribution >= 0.6 is 0 Å². The van der Waals surface area contributed by atoms with Gasteiger partial charge in [-0.2, -0.15) is 0 Å². The van der Waals surface area contributed by atoms with Gasteiger partial charge in [-0.3, -0.25) is 4.79 Å². The molecule has 1 amide bonds. The van der Waals surface area contributed by atoms with Crippen LogP contribution in [0.3, 0.4) is 0 Å². The summed E-state index contributed by atoms with van der Waals surface area (Å²) in [4.78, 5) is 27.4. The van der Waals surface area contributed by atoms with Gasteiger partial charge in [-0.1, -0.05) is 29.8 Å². The van der Waals surface area contributed by atoms with E-state index in [9.17, 15) is 13.2 Å². The molecule has 2 aromatic rings. The van der Waals surface area contributed by atoms with E-state index in [1.807, 2.05) is 18.7 Å². The quantitative estimate of drug-likeness (QED) is 0.450. The SMILES string of the molecule is Cc1ccc(C2CCC(CCc3nc(C)nc(C(=O)N4CCC(N5CCC(N(C)S(C)(=O)=O)CC5)CC4)c3C)O2)cc1. The molecule has 0 spiro atoms. The Kier molecular flexibility index (Phi) is 9.66. The second kappa shape index (κ2) is 13.1. The molecular weight excluding hydrogens is 550 g/mol. The lowest BCUT2D eigenvalue weighted by atomic mass is 9.97. The van der Waals surface area contributed by atoms with Crippen molar-refractivity contribution in [1.29, 1.82) is 0 Å². The van der Waals surface area contributed by atoms with Gasteiger partial charge in [0.25, 0.3) is 5.91 Å². The van der Waals surface area contributed by atoms with E-state index in [0.29, 0.717) is 30.6 Å². The van der Waals surface area contributed by atoms with E-state index < -0.39 is 10.0 Å². The summed E-state index contributed by atoms with van der Waals surface area (Å²) >= 11 is 0. The van der Waals surface area contributed by atoms with Crippen molar-refractivity contribution >= 4 is 15.9 Å². The number of likely N-dealkylation sites (tertiary alicyclic amines) is 2. The first-order valence-corrected chi connectivity index (χ1v) is 17.4. The van der Waals surface area contributed by atoms with Crippen molar-refractivity contribution < 1.29 is 17.9 Å². The molecule has 4 heterocycles. The van der Waals surface area contributed by atoms with Crippen molar-refractivity contribution in [2.75, 3.05) is 39.5 Å². The van der Waals surface area contributed by atoms with E-state index in [-0.39, 0.29) is 24.2 Å². The van der Waals surface area contributed by atoms with Crippen LogP contribution in [0.5, 0.6) is 0 Å². The smallest absolute Gasteiger partial charge is 0.272 e. The van der Waals surface area contributed by atoms with E-state index in [4.69, 9.17) is 9.72 Å². The van der Waals surface area contributed by atoms with Gasteiger partial charge in [-0.15, -0.1) is 0 Å². The zero-order valence-electron chi connectivity index (χ0n) is 25.9. The lowest BCUT2D eigenvalue weighted by molar-refractivity contribution is 0.0400. The molecule has 5 rings (SSSR count). The number of rotatable bonds is 8. The van der Waals surface area contributed by atoms with Gasteiger partial charge < -0.3 is 14.5 Å². The summed E-state index contributed by atoms with van der Waals surface area (Å²) in [6.45, 7) is 9.17. The van der Waals surface area contributed by atoms with Crippen LogP contribution in [-0.4, -0.2) is 96.1 Å². The number of hydrogen-bond acceptors (Lipinski definition) is 7. The van der Waals surface area contributed by atoms with Crippen LogP contribution < -0.4 is 0 Å². The minimum atomic E-state index is -3.17. The van der Waals surface area contributed by atoms with Crippen molar-refractivity contribution in [3.63, 3.8) is 0 Å².